The van der Waals surface area contributed by atoms with Gasteiger partial charge in [-0.15, -0.1) is 32.9 Å². The van der Waals surface area contributed by atoms with Crippen LogP contribution in [0.2, 0.25) is 0 Å². The predicted octanol–water partition coefficient (Wildman–Crippen LogP) is 6.25. The molecule has 1 aliphatic rings. The van der Waals surface area contributed by atoms with Crippen molar-refractivity contribution in [3.05, 3.63) is 98.8 Å². The second-order valence-corrected chi connectivity index (χ2v) is 11.5. The van der Waals surface area contributed by atoms with Gasteiger partial charge in [-0.2, -0.15) is 0 Å². The molecule has 0 bridgehead atoms. The van der Waals surface area contributed by atoms with Crippen LogP contribution in [0.3, 0.4) is 0 Å². The average Bonchev–Trinajstić information content (AvgIpc) is 3.67. The van der Waals surface area contributed by atoms with Crippen LogP contribution >= 0.6 is 34.4 Å². The number of thiophene rings is 1. The first-order chi connectivity index (χ1) is 17.7. The van der Waals surface area contributed by atoms with E-state index >= 15 is 0 Å². The number of carbonyl (C=O) groups is 1. The molecular formula is C27H23N5OS3. The molecule has 5 aromatic rings. The number of thiazole rings is 1. The number of thioether (sulfide) groups is 1. The third-order valence-corrected chi connectivity index (χ3v) is 8.99. The van der Waals surface area contributed by atoms with Crippen molar-refractivity contribution in [2.75, 3.05) is 6.54 Å². The van der Waals surface area contributed by atoms with Crippen LogP contribution in [0.5, 0.6) is 0 Å². The molecule has 180 valence electrons. The fraction of sp³-hybridized carbons (Fsp3) is 0.185. The molecule has 0 fully saturated rings. The van der Waals surface area contributed by atoms with E-state index in [9.17, 15) is 4.79 Å². The summed E-state index contributed by atoms with van der Waals surface area (Å²) in [6, 6.07) is 20.8. The zero-order valence-corrected chi connectivity index (χ0v) is 22.1. The Balaban J connectivity index is 1.20. The summed E-state index contributed by atoms with van der Waals surface area (Å²) in [5.74, 6) is 1.45. The normalized spacial score (nSPS) is 13.1. The Hall–Kier alpha value is -3.27. The largest absolute Gasteiger partial charge is 0.333 e. The Morgan fingerprint density at radius 1 is 1.03 bits per heavy atom. The average molecular weight is 530 g/mol. The minimum Gasteiger partial charge on any atom is -0.333 e. The number of benzene rings is 2. The van der Waals surface area contributed by atoms with Gasteiger partial charge in [-0.1, -0.05) is 54.2 Å². The summed E-state index contributed by atoms with van der Waals surface area (Å²) in [4.78, 5) is 20.8. The van der Waals surface area contributed by atoms with Crippen molar-refractivity contribution in [2.45, 2.75) is 30.8 Å². The van der Waals surface area contributed by atoms with Crippen molar-refractivity contribution in [2.24, 2.45) is 0 Å². The molecule has 0 unspecified atom stereocenters. The zero-order valence-electron chi connectivity index (χ0n) is 19.6. The van der Waals surface area contributed by atoms with E-state index in [1.165, 1.54) is 28.0 Å². The first-order valence-corrected chi connectivity index (χ1v) is 14.4. The predicted molar refractivity (Wildman–Crippen MR) is 146 cm³/mol. The maximum Gasteiger partial charge on any atom is 0.273 e. The van der Waals surface area contributed by atoms with E-state index < -0.39 is 0 Å². The number of fused-ring (bicyclic) bond motifs is 1. The van der Waals surface area contributed by atoms with E-state index in [0.717, 1.165) is 39.5 Å². The number of aromatic nitrogens is 4. The maximum atomic E-state index is 13.1. The number of carbonyl (C=O) groups excluding carboxylic acids is 1. The van der Waals surface area contributed by atoms with E-state index in [2.05, 4.69) is 75.2 Å². The molecule has 36 heavy (non-hydrogen) atoms. The van der Waals surface area contributed by atoms with Gasteiger partial charge in [0.1, 0.15) is 10.7 Å². The molecule has 6 nitrogen and oxygen atoms in total. The van der Waals surface area contributed by atoms with Crippen LogP contribution in [-0.2, 0) is 18.7 Å². The first-order valence-electron chi connectivity index (χ1n) is 11.7. The lowest BCUT2D eigenvalue weighted by molar-refractivity contribution is 0.0729. The summed E-state index contributed by atoms with van der Waals surface area (Å²) in [6.07, 6.45) is 0.885. The first kappa shape index (κ1) is 23.1. The highest BCUT2D eigenvalue weighted by molar-refractivity contribution is 7.98. The molecule has 0 saturated heterocycles. The second-order valence-electron chi connectivity index (χ2n) is 8.62. The molecule has 4 heterocycles. The van der Waals surface area contributed by atoms with Crippen LogP contribution in [0, 0.1) is 6.92 Å². The highest BCUT2D eigenvalue weighted by Gasteiger charge is 2.24. The minimum atomic E-state index is -0.0000812. The van der Waals surface area contributed by atoms with E-state index in [1.54, 1.807) is 23.1 Å². The molecule has 1 amide bonds. The SMILES string of the molecule is Cc1cccc(-n2c(SCc3nc(C(=O)N4CCc5ccccc5C4)cs3)nnc2-c2cccs2)c1. The fourth-order valence-corrected chi connectivity index (χ4v) is 6.80. The van der Waals surface area contributed by atoms with Crippen molar-refractivity contribution < 1.29 is 4.79 Å². The molecule has 0 N–H and O–H groups in total. The summed E-state index contributed by atoms with van der Waals surface area (Å²) in [5, 5.41) is 14.7. The molecule has 3 aromatic heterocycles. The second kappa shape index (κ2) is 10.0. The van der Waals surface area contributed by atoms with Gasteiger partial charge in [-0.25, -0.2) is 4.98 Å². The third-order valence-electron chi connectivity index (χ3n) is 6.15. The zero-order chi connectivity index (χ0) is 24.5. The molecule has 0 spiro atoms. The maximum absolute atomic E-state index is 13.1. The number of aryl methyl sites for hydroxylation is 1. The van der Waals surface area contributed by atoms with Gasteiger partial charge < -0.3 is 4.90 Å². The lowest BCUT2D eigenvalue weighted by atomic mass is 10.00. The van der Waals surface area contributed by atoms with Crippen molar-refractivity contribution in [1.29, 1.82) is 0 Å². The third kappa shape index (κ3) is 4.61. The van der Waals surface area contributed by atoms with Gasteiger partial charge in [0.05, 0.1) is 16.3 Å². The Morgan fingerprint density at radius 2 is 1.92 bits per heavy atom. The number of hydrogen-bond donors (Lipinski definition) is 0. The summed E-state index contributed by atoms with van der Waals surface area (Å²) in [5.41, 5.74) is 5.29. The summed E-state index contributed by atoms with van der Waals surface area (Å²) in [7, 11) is 0. The van der Waals surface area contributed by atoms with Gasteiger partial charge >= 0.3 is 0 Å². The quantitative estimate of drug-likeness (QED) is 0.243. The Kier molecular flexibility index (Phi) is 6.43. The standard InChI is InChI=1S/C27H23N5OS3/c1-18-6-4-9-21(14-18)32-25(23-10-5-13-34-23)29-30-27(32)36-17-24-28-22(16-35-24)26(33)31-12-11-19-7-2-3-8-20(19)15-31/h2-10,13-14,16H,11-12,15,17H2,1H3. The topological polar surface area (TPSA) is 63.9 Å². The lowest BCUT2D eigenvalue weighted by Crippen LogP contribution is -2.36. The van der Waals surface area contributed by atoms with E-state index in [1.807, 2.05) is 27.8 Å². The van der Waals surface area contributed by atoms with Gasteiger partial charge in [0, 0.05) is 18.5 Å². The fourth-order valence-electron chi connectivity index (χ4n) is 4.36. The molecule has 6 rings (SSSR count). The molecule has 2 aromatic carbocycles. The van der Waals surface area contributed by atoms with Gasteiger partial charge in [0.2, 0.25) is 0 Å². The van der Waals surface area contributed by atoms with Crippen molar-refractivity contribution in [3.8, 4) is 16.4 Å². The summed E-state index contributed by atoms with van der Waals surface area (Å²) < 4.78 is 2.11. The van der Waals surface area contributed by atoms with Crippen LogP contribution in [0.4, 0.5) is 0 Å². The highest BCUT2D eigenvalue weighted by Crippen LogP contribution is 2.32. The van der Waals surface area contributed by atoms with Crippen LogP contribution in [-0.4, -0.2) is 37.1 Å². The number of amides is 1. The van der Waals surface area contributed by atoms with Gasteiger partial charge in [0.25, 0.3) is 5.91 Å². The van der Waals surface area contributed by atoms with Crippen molar-refractivity contribution >= 4 is 40.3 Å². The lowest BCUT2D eigenvalue weighted by Gasteiger charge is -2.28. The van der Waals surface area contributed by atoms with Gasteiger partial charge in [-0.3, -0.25) is 9.36 Å². The van der Waals surface area contributed by atoms with Crippen LogP contribution in [0.1, 0.15) is 32.2 Å². The van der Waals surface area contributed by atoms with E-state index in [4.69, 9.17) is 0 Å². The monoisotopic (exact) mass is 529 g/mol. The smallest absolute Gasteiger partial charge is 0.273 e. The molecule has 1 aliphatic heterocycles. The van der Waals surface area contributed by atoms with Crippen LogP contribution < -0.4 is 0 Å². The Bertz CT molecular complexity index is 1520. The highest BCUT2D eigenvalue weighted by atomic mass is 32.2. The van der Waals surface area contributed by atoms with Gasteiger partial charge in [-0.05, 0) is 53.6 Å². The molecule has 0 radical (unpaired) electrons. The van der Waals surface area contributed by atoms with E-state index in [-0.39, 0.29) is 5.91 Å². The number of hydrogen-bond acceptors (Lipinski definition) is 7. The summed E-state index contributed by atoms with van der Waals surface area (Å²) in [6.45, 7) is 3.45. The van der Waals surface area contributed by atoms with Crippen LogP contribution in [0.15, 0.2) is 76.6 Å². The molecule has 0 aliphatic carbocycles. The van der Waals surface area contributed by atoms with Crippen molar-refractivity contribution in [1.82, 2.24) is 24.6 Å². The van der Waals surface area contributed by atoms with E-state index in [0.29, 0.717) is 18.0 Å². The Labute approximate surface area is 221 Å². The molecular weight excluding hydrogens is 507 g/mol. The Morgan fingerprint density at radius 3 is 2.75 bits per heavy atom. The molecule has 0 atom stereocenters. The number of nitrogens with zero attached hydrogens (tertiary/aromatic N) is 5. The van der Waals surface area contributed by atoms with Crippen molar-refractivity contribution in [3.63, 3.8) is 0 Å². The summed E-state index contributed by atoms with van der Waals surface area (Å²) >= 11 is 4.76. The minimum absolute atomic E-state index is 0.0000812. The van der Waals surface area contributed by atoms with Crippen LogP contribution in [0.25, 0.3) is 16.4 Å². The van der Waals surface area contributed by atoms with Gasteiger partial charge in [0.15, 0.2) is 11.0 Å². The molecule has 0 saturated carbocycles. The number of rotatable bonds is 6. The molecule has 9 heteroatoms.